The van der Waals surface area contributed by atoms with Crippen molar-refractivity contribution < 1.29 is 9.53 Å². The van der Waals surface area contributed by atoms with Crippen LogP contribution in [0.1, 0.15) is 68.1 Å². The summed E-state index contributed by atoms with van der Waals surface area (Å²) in [7, 11) is 0. The molecule has 33 heavy (non-hydrogen) atoms. The van der Waals surface area contributed by atoms with E-state index in [2.05, 4.69) is 34.4 Å². The molecule has 0 atom stereocenters. The van der Waals surface area contributed by atoms with E-state index < -0.39 is 0 Å². The molecule has 0 amide bonds. The summed E-state index contributed by atoms with van der Waals surface area (Å²) in [6.45, 7) is 0.538. The average Bonchev–Trinajstić information content (AvgIpc) is 3.46. The second kappa shape index (κ2) is 7.93. The van der Waals surface area contributed by atoms with Crippen molar-refractivity contribution >= 4 is 28.2 Å². The Kier molecular flexibility index (Phi) is 4.88. The van der Waals surface area contributed by atoms with Crippen molar-refractivity contribution in [2.45, 2.75) is 63.2 Å². The summed E-state index contributed by atoms with van der Waals surface area (Å²) in [6, 6.07) is 12.6. The van der Waals surface area contributed by atoms with Gasteiger partial charge in [-0.05, 0) is 57.8 Å². The number of benzene rings is 3. The van der Waals surface area contributed by atoms with Gasteiger partial charge in [0.05, 0.1) is 6.61 Å². The fraction of sp³-hybridized carbons (Fsp3) is 0.393. The van der Waals surface area contributed by atoms with Crippen LogP contribution in [0.15, 0.2) is 46.6 Å². The van der Waals surface area contributed by atoms with Crippen LogP contribution < -0.4 is 4.74 Å². The van der Waals surface area contributed by atoms with Crippen LogP contribution in [-0.4, -0.2) is 12.7 Å². The molecule has 1 heterocycles. The Morgan fingerprint density at radius 1 is 0.909 bits per heavy atom. The largest absolute Gasteiger partial charge is 0.491 e. The number of nitrogens with zero attached hydrogens (tertiary/aromatic N) is 2. The maximum atomic E-state index is 12.1. The molecule has 1 fully saturated rings. The van der Waals surface area contributed by atoms with Crippen molar-refractivity contribution in [2.75, 3.05) is 6.61 Å². The summed E-state index contributed by atoms with van der Waals surface area (Å²) in [6.07, 6.45) is 12.0. The van der Waals surface area contributed by atoms with E-state index in [0.29, 0.717) is 23.7 Å². The minimum absolute atomic E-state index is 0.0874. The first-order valence-electron chi connectivity index (χ1n) is 12.1. The molecular weight excluding hydrogens is 412 g/mol. The summed E-state index contributed by atoms with van der Waals surface area (Å²) in [5.74, 6) is 0.643. The molecule has 0 bridgehead atoms. The summed E-state index contributed by atoms with van der Waals surface area (Å²) < 4.78 is 5.92. The van der Waals surface area contributed by atoms with Crippen LogP contribution in [0.4, 0.5) is 11.4 Å². The molecule has 5 nitrogen and oxygen atoms in total. The fourth-order valence-electron chi connectivity index (χ4n) is 6.62. The molecule has 1 saturated carbocycles. The maximum absolute atomic E-state index is 12.1. The molecule has 1 aliphatic heterocycles. The van der Waals surface area contributed by atoms with E-state index in [4.69, 9.17) is 4.74 Å². The van der Waals surface area contributed by atoms with Gasteiger partial charge in [0.1, 0.15) is 17.1 Å². The standard InChI is InChI=1S/C28H26N2O3/c31-17-29-24-15-20-23(30-32)16-22-26(25(20)19-11-14-33-27(19)24)18-9-5-6-10-21(18)28(22)12-7-3-1-2-4-8-13-28/h5-6,9-10,15-16H,1-4,7-8,11-14H2. The Balaban J connectivity index is 1.74. The molecule has 0 unspecified atom stereocenters. The second-order valence-corrected chi connectivity index (χ2v) is 9.59. The van der Waals surface area contributed by atoms with Gasteiger partial charge in [-0.25, -0.2) is 4.79 Å². The number of hydrogen-bond donors (Lipinski definition) is 0. The van der Waals surface area contributed by atoms with Crippen LogP contribution in [0, 0.1) is 4.91 Å². The lowest BCUT2D eigenvalue weighted by Crippen LogP contribution is -2.25. The number of isocyanates is 1. The van der Waals surface area contributed by atoms with Crippen LogP contribution in [0.3, 0.4) is 0 Å². The van der Waals surface area contributed by atoms with E-state index in [0.717, 1.165) is 35.6 Å². The molecule has 0 aromatic heterocycles. The van der Waals surface area contributed by atoms with Gasteiger partial charge in [-0.3, -0.25) is 0 Å². The first kappa shape index (κ1) is 20.3. The van der Waals surface area contributed by atoms with E-state index >= 15 is 0 Å². The maximum Gasteiger partial charge on any atom is 0.240 e. The molecule has 5 heteroatoms. The monoisotopic (exact) mass is 438 g/mol. The second-order valence-electron chi connectivity index (χ2n) is 9.59. The van der Waals surface area contributed by atoms with Gasteiger partial charge in [0.2, 0.25) is 6.08 Å². The van der Waals surface area contributed by atoms with Gasteiger partial charge < -0.3 is 4.74 Å². The summed E-state index contributed by atoms with van der Waals surface area (Å²) in [5.41, 5.74) is 6.90. The molecule has 0 radical (unpaired) electrons. The number of carbonyl (C=O) groups excluding carboxylic acids is 1. The van der Waals surface area contributed by atoms with Crippen molar-refractivity contribution in [1.82, 2.24) is 0 Å². The molecule has 0 saturated heterocycles. The van der Waals surface area contributed by atoms with Crippen LogP contribution in [0.2, 0.25) is 0 Å². The Bertz CT molecular complexity index is 1330. The van der Waals surface area contributed by atoms with E-state index in [1.165, 1.54) is 60.8 Å². The quantitative estimate of drug-likeness (QED) is 0.236. The van der Waals surface area contributed by atoms with Gasteiger partial charge in [-0.15, -0.1) is 4.91 Å². The van der Waals surface area contributed by atoms with Crippen LogP contribution in [0.5, 0.6) is 5.75 Å². The zero-order chi connectivity index (χ0) is 22.4. The minimum atomic E-state index is -0.0874. The highest BCUT2D eigenvalue weighted by atomic mass is 16.5. The minimum Gasteiger partial charge on any atom is -0.491 e. The number of ether oxygens (including phenoxy) is 1. The Labute approximate surface area is 192 Å². The van der Waals surface area contributed by atoms with Crippen LogP contribution in [0.25, 0.3) is 21.9 Å². The van der Waals surface area contributed by atoms with E-state index in [1.807, 2.05) is 6.07 Å². The number of hydrogen-bond acceptors (Lipinski definition) is 5. The third-order valence-electron chi connectivity index (χ3n) is 7.98. The predicted molar refractivity (Wildman–Crippen MR) is 130 cm³/mol. The van der Waals surface area contributed by atoms with Crippen molar-refractivity contribution in [3.8, 4) is 16.9 Å². The normalized spacial score (nSPS) is 18.3. The van der Waals surface area contributed by atoms with Gasteiger partial charge in [0.25, 0.3) is 0 Å². The predicted octanol–water partition coefficient (Wildman–Crippen LogP) is 7.54. The first-order valence-corrected chi connectivity index (χ1v) is 12.1. The van der Waals surface area contributed by atoms with Crippen LogP contribution >= 0.6 is 0 Å². The summed E-state index contributed by atoms with van der Waals surface area (Å²) in [5, 5.41) is 5.27. The molecule has 3 aromatic carbocycles. The fourth-order valence-corrected chi connectivity index (χ4v) is 6.62. The van der Waals surface area contributed by atoms with Crippen molar-refractivity contribution in [3.63, 3.8) is 0 Å². The Morgan fingerprint density at radius 3 is 2.42 bits per heavy atom. The molecule has 3 aromatic rings. The Hall–Kier alpha value is -3.30. The third-order valence-corrected chi connectivity index (χ3v) is 7.98. The summed E-state index contributed by atoms with van der Waals surface area (Å²) >= 11 is 0. The molecule has 6 rings (SSSR count). The average molecular weight is 439 g/mol. The number of nitroso groups, excluding NO2 is 1. The van der Waals surface area contributed by atoms with Gasteiger partial charge in [0.15, 0.2) is 0 Å². The zero-order valence-electron chi connectivity index (χ0n) is 18.7. The lowest BCUT2D eigenvalue weighted by molar-refractivity contribution is 0.358. The van der Waals surface area contributed by atoms with Gasteiger partial charge in [-0.1, -0.05) is 62.8 Å². The van der Waals surface area contributed by atoms with Gasteiger partial charge >= 0.3 is 0 Å². The van der Waals surface area contributed by atoms with Gasteiger partial charge in [-0.2, -0.15) is 4.99 Å². The molecule has 2 aliphatic carbocycles. The van der Waals surface area contributed by atoms with E-state index in [-0.39, 0.29) is 5.41 Å². The number of rotatable bonds is 2. The SMILES string of the molecule is O=C=Nc1cc2c(N=O)cc3c(c2c2c1OCC2)-c1ccccc1C31CCCCCCCC1. The van der Waals surface area contributed by atoms with Gasteiger partial charge in [0, 0.05) is 22.8 Å². The van der Waals surface area contributed by atoms with E-state index in [1.54, 1.807) is 12.1 Å². The molecule has 166 valence electrons. The highest BCUT2D eigenvalue weighted by Gasteiger charge is 2.44. The zero-order valence-corrected chi connectivity index (χ0v) is 18.7. The lowest BCUT2D eigenvalue weighted by Gasteiger charge is -2.32. The lowest BCUT2D eigenvalue weighted by atomic mass is 9.70. The van der Waals surface area contributed by atoms with Crippen molar-refractivity contribution in [1.29, 1.82) is 0 Å². The highest BCUT2D eigenvalue weighted by molar-refractivity contribution is 6.11. The van der Waals surface area contributed by atoms with Crippen molar-refractivity contribution in [2.24, 2.45) is 10.2 Å². The highest BCUT2D eigenvalue weighted by Crippen LogP contribution is 2.59. The van der Waals surface area contributed by atoms with Crippen molar-refractivity contribution in [3.05, 3.63) is 58.0 Å². The smallest absolute Gasteiger partial charge is 0.240 e. The first-order chi connectivity index (χ1) is 16.3. The number of aliphatic imine (C=N–C) groups is 1. The molecule has 3 aliphatic rings. The molecule has 1 spiro atoms. The van der Waals surface area contributed by atoms with E-state index in [9.17, 15) is 9.70 Å². The molecular formula is C28H26N2O3. The summed E-state index contributed by atoms with van der Waals surface area (Å²) in [4.78, 5) is 27.1. The third kappa shape index (κ3) is 2.92. The number of fused-ring (bicyclic) bond motifs is 9. The topological polar surface area (TPSA) is 68.1 Å². The van der Waals surface area contributed by atoms with Crippen LogP contribution in [-0.2, 0) is 16.6 Å². The molecule has 0 N–H and O–H groups in total. The Morgan fingerprint density at radius 2 is 1.67 bits per heavy atom.